The Morgan fingerprint density at radius 3 is 2.50 bits per heavy atom. The summed E-state index contributed by atoms with van der Waals surface area (Å²) in [5.41, 5.74) is 4.03. The van der Waals surface area contributed by atoms with Gasteiger partial charge in [0.05, 0.1) is 0 Å². The highest BCUT2D eigenvalue weighted by Gasteiger charge is 2.29. The largest absolute Gasteiger partial charge is 0.338 e. The molecule has 1 saturated carbocycles. The number of carbonyl (C=O) groups is 1. The summed E-state index contributed by atoms with van der Waals surface area (Å²) in [4.78, 5) is 13.1. The number of nitrogens with zero attached hydrogens (tertiary/aromatic N) is 1. The van der Waals surface area contributed by atoms with Crippen LogP contribution >= 0.6 is 0 Å². The minimum atomic E-state index is 0.126. The normalized spacial score (nSPS) is 15.6. The molecule has 1 fully saturated rings. The molecule has 0 radical (unpaired) electrons. The lowest BCUT2D eigenvalue weighted by molar-refractivity contribution is -0.119. The first-order chi connectivity index (χ1) is 8.41. The van der Waals surface area contributed by atoms with Crippen molar-refractivity contribution >= 4 is 6.41 Å². The van der Waals surface area contributed by atoms with Crippen molar-refractivity contribution in [3.63, 3.8) is 0 Å². The van der Waals surface area contributed by atoms with E-state index in [1.54, 1.807) is 0 Å². The van der Waals surface area contributed by atoms with E-state index in [0.29, 0.717) is 6.04 Å². The molecule has 0 bridgehead atoms. The smallest absolute Gasteiger partial charge is 0.210 e. The van der Waals surface area contributed by atoms with Crippen molar-refractivity contribution in [3.05, 3.63) is 34.9 Å². The van der Waals surface area contributed by atoms with Gasteiger partial charge < -0.3 is 4.90 Å². The molecule has 1 aliphatic rings. The first-order valence-electron chi connectivity index (χ1n) is 6.73. The van der Waals surface area contributed by atoms with Crippen molar-refractivity contribution in [2.45, 2.75) is 58.5 Å². The van der Waals surface area contributed by atoms with Crippen molar-refractivity contribution in [3.8, 4) is 0 Å². The van der Waals surface area contributed by atoms with Crippen LogP contribution in [0, 0.1) is 6.92 Å². The summed E-state index contributed by atoms with van der Waals surface area (Å²) in [6, 6.07) is 7.07. The lowest BCUT2D eigenvalue weighted by Crippen LogP contribution is -2.26. The van der Waals surface area contributed by atoms with E-state index < -0.39 is 0 Å². The van der Waals surface area contributed by atoms with Crippen molar-refractivity contribution in [1.82, 2.24) is 4.90 Å². The van der Waals surface area contributed by atoms with Gasteiger partial charge >= 0.3 is 0 Å². The van der Waals surface area contributed by atoms with E-state index in [2.05, 4.69) is 45.9 Å². The molecule has 0 atom stereocenters. The van der Waals surface area contributed by atoms with Gasteiger partial charge in [-0.3, -0.25) is 4.79 Å². The van der Waals surface area contributed by atoms with E-state index in [-0.39, 0.29) is 5.41 Å². The Labute approximate surface area is 110 Å². The van der Waals surface area contributed by atoms with Gasteiger partial charge in [-0.2, -0.15) is 0 Å². The van der Waals surface area contributed by atoms with Crippen LogP contribution < -0.4 is 0 Å². The Kier molecular flexibility index (Phi) is 3.47. The van der Waals surface area contributed by atoms with E-state index >= 15 is 0 Å². The van der Waals surface area contributed by atoms with Crippen LogP contribution in [0.25, 0.3) is 0 Å². The average Bonchev–Trinajstić information content (AvgIpc) is 3.08. The van der Waals surface area contributed by atoms with Crippen LogP contribution in [0.15, 0.2) is 18.2 Å². The molecule has 0 aromatic heterocycles. The summed E-state index contributed by atoms with van der Waals surface area (Å²) >= 11 is 0. The summed E-state index contributed by atoms with van der Waals surface area (Å²) in [5.74, 6) is 0. The minimum Gasteiger partial charge on any atom is -0.338 e. The van der Waals surface area contributed by atoms with Gasteiger partial charge in [-0.1, -0.05) is 44.5 Å². The Morgan fingerprint density at radius 2 is 2.00 bits per heavy atom. The van der Waals surface area contributed by atoms with Crippen LogP contribution in [0.1, 0.15) is 50.3 Å². The van der Waals surface area contributed by atoms with E-state index in [0.717, 1.165) is 25.8 Å². The summed E-state index contributed by atoms with van der Waals surface area (Å²) in [5, 5.41) is 0. The van der Waals surface area contributed by atoms with Gasteiger partial charge in [-0.25, -0.2) is 0 Å². The molecule has 2 heteroatoms. The number of aryl methyl sites for hydroxylation is 1. The van der Waals surface area contributed by atoms with Crippen molar-refractivity contribution in [2.24, 2.45) is 0 Å². The van der Waals surface area contributed by atoms with Crippen LogP contribution in [0.5, 0.6) is 0 Å². The number of benzene rings is 1. The second kappa shape index (κ2) is 4.75. The van der Waals surface area contributed by atoms with Crippen LogP contribution in [0.4, 0.5) is 0 Å². The fraction of sp³-hybridized carbons (Fsp3) is 0.562. The molecule has 1 aromatic rings. The lowest BCUT2D eigenvalue weighted by atomic mass is 9.83. The molecular formula is C16H23NO. The summed E-state index contributed by atoms with van der Waals surface area (Å²) in [6.45, 7) is 9.54. The fourth-order valence-electron chi connectivity index (χ4n) is 2.44. The van der Waals surface area contributed by atoms with E-state index in [9.17, 15) is 4.79 Å². The zero-order valence-electron chi connectivity index (χ0n) is 11.9. The second-order valence-corrected chi connectivity index (χ2v) is 6.42. The SMILES string of the molecule is Cc1ccc(C(C)(C)C)c(CN(C=O)C2CC2)c1. The van der Waals surface area contributed by atoms with Crippen LogP contribution in [0.3, 0.4) is 0 Å². The molecule has 0 N–H and O–H groups in total. The average molecular weight is 245 g/mol. The number of amides is 1. The summed E-state index contributed by atoms with van der Waals surface area (Å²) in [7, 11) is 0. The zero-order valence-corrected chi connectivity index (χ0v) is 11.9. The molecule has 0 heterocycles. The molecule has 1 aromatic carbocycles. The summed E-state index contributed by atoms with van der Waals surface area (Å²) < 4.78 is 0. The number of carbonyl (C=O) groups excluding carboxylic acids is 1. The van der Waals surface area contributed by atoms with E-state index in [1.165, 1.54) is 16.7 Å². The Morgan fingerprint density at radius 1 is 1.33 bits per heavy atom. The molecule has 98 valence electrons. The highest BCUT2D eigenvalue weighted by molar-refractivity contribution is 5.50. The highest BCUT2D eigenvalue weighted by atomic mass is 16.1. The van der Waals surface area contributed by atoms with Gasteiger partial charge in [-0.05, 0) is 36.3 Å². The molecule has 0 unspecified atom stereocenters. The Hall–Kier alpha value is -1.31. The molecule has 2 rings (SSSR count). The molecule has 18 heavy (non-hydrogen) atoms. The van der Waals surface area contributed by atoms with Crippen LogP contribution in [-0.4, -0.2) is 17.4 Å². The molecular weight excluding hydrogens is 222 g/mol. The van der Waals surface area contributed by atoms with Crippen LogP contribution in [0.2, 0.25) is 0 Å². The van der Waals surface area contributed by atoms with Crippen molar-refractivity contribution < 1.29 is 4.79 Å². The standard InChI is InChI=1S/C16H23NO/c1-12-5-8-15(16(2,3)4)13(9-12)10-17(11-18)14-6-7-14/h5,8-9,11,14H,6-7,10H2,1-4H3. The van der Waals surface area contributed by atoms with Crippen molar-refractivity contribution in [2.75, 3.05) is 0 Å². The third-order valence-corrected chi connectivity index (χ3v) is 3.57. The molecule has 2 nitrogen and oxygen atoms in total. The first-order valence-corrected chi connectivity index (χ1v) is 6.73. The fourth-order valence-corrected chi connectivity index (χ4v) is 2.44. The first kappa shape index (κ1) is 13.1. The van der Waals surface area contributed by atoms with Crippen molar-refractivity contribution in [1.29, 1.82) is 0 Å². The van der Waals surface area contributed by atoms with Gasteiger partial charge in [0.25, 0.3) is 0 Å². The maximum atomic E-state index is 11.2. The second-order valence-electron chi connectivity index (χ2n) is 6.42. The number of hydrogen-bond donors (Lipinski definition) is 0. The number of hydrogen-bond acceptors (Lipinski definition) is 1. The topological polar surface area (TPSA) is 20.3 Å². The molecule has 0 saturated heterocycles. The number of rotatable bonds is 4. The molecule has 0 spiro atoms. The maximum Gasteiger partial charge on any atom is 0.210 e. The Bertz CT molecular complexity index is 441. The van der Waals surface area contributed by atoms with E-state index in [1.807, 2.05) is 4.90 Å². The van der Waals surface area contributed by atoms with Gasteiger partial charge in [0.15, 0.2) is 0 Å². The molecule has 1 amide bonds. The third-order valence-electron chi connectivity index (χ3n) is 3.57. The van der Waals surface area contributed by atoms with Gasteiger partial charge in [-0.15, -0.1) is 0 Å². The molecule has 0 aliphatic heterocycles. The van der Waals surface area contributed by atoms with E-state index in [4.69, 9.17) is 0 Å². The Balaban J connectivity index is 2.29. The molecule has 1 aliphatic carbocycles. The predicted molar refractivity (Wildman–Crippen MR) is 74.5 cm³/mol. The van der Waals surface area contributed by atoms with Gasteiger partial charge in [0.1, 0.15) is 0 Å². The minimum absolute atomic E-state index is 0.126. The lowest BCUT2D eigenvalue weighted by Gasteiger charge is -2.26. The van der Waals surface area contributed by atoms with Crippen LogP contribution in [-0.2, 0) is 16.8 Å². The third kappa shape index (κ3) is 2.92. The monoisotopic (exact) mass is 245 g/mol. The predicted octanol–water partition coefficient (Wildman–Crippen LogP) is 3.41. The summed E-state index contributed by atoms with van der Waals surface area (Å²) in [6.07, 6.45) is 3.33. The maximum absolute atomic E-state index is 11.2. The van der Waals surface area contributed by atoms with Gasteiger partial charge in [0, 0.05) is 12.6 Å². The zero-order chi connectivity index (χ0) is 13.3. The van der Waals surface area contributed by atoms with Gasteiger partial charge in [0.2, 0.25) is 6.41 Å². The quantitative estimate of drug-likeness (QED) is 0.744. The highest BCUT2D eigenvalue weighted by Crippen LogP contribution is 2.31.